The van der Waals surface area contributed by atoms with Crippen molar-refractivity contribution < 1.29 is 19.4 Å². The van der Waals surface area contributed by atoms with E-state index in [0.717, 1.165) is 25.7 Å². The maximum Gasteiger partial charge on any atom is 0.320 e. The van der Waals surface area contributed by atoms with Crippen molar-refractivity contribution in [2.75, 3.05) is 20.1 Å². The molecule has 0 spiro atoms. The number of aliphatic carboxylic acids is 1. The minimum absolute atomic E-state index is 0.0315. The second-order valence-electron chi connectivity index (χ2n) is 7.21. The summed E-state index contributed by atoms with van der Waals surface area (Å²) in [6, 6.07) is 0. The third kappa shape index (κ3) is 6.93. The minimum atomic E-state index is -0.851. The van der Waals surface area contributed by atoms with Gasteiger partial charge in [0.15, 0.2) is 0 Å². The molecule has 0 bridgehead atoms. The molecule has 1 N–H and O–H groups in total. The summed E-state index contributed by atoms with van der Waals surface area (Å²) < 4.78 is 5.50. The first kappa shape index (κ1) is 18.0. The summed E-state index contributed by atoms with van der Waals surface area (Å²) in [7, 11) is 1.74. The first-order valence-corrected chi connectivity index (χ1v) is 7.78. The van der Waals surface area contributed by atoms with Crippen LogP contribution in [-0.4, -0.2) is 48.2 Å². The van der Waals surface area contributed by atoms with Crippen molar-refractivity contribution >= 4 is 11.9 Å². The number of hydrogen-bond acceptors (Lipinski definition) is 4. The van der Waals surface area contributed by atoms with Crippen LogP contribution in [0.2, 0.25) is 0 Å². The molecule has 0 amide bonds. The van der Waals surface area contributed by atoms with Gasteiger partial charge >= 0.3 is 11.9 Å². The highest BCUT2D eigenvalue weighted by molar-refractivity contribution is 5.72. The Labute approximate surface area is 127 Å². The summed E-state index contributed by atoms with van der Waals surface area (Å²) >= 11 is 0. The fourth-order valence-corrected chi connectivity index (χ4v) is 2.86. The molecule has 1 aliphatic rings. The van der Waals surface area contributed by atoms with Gasteiger partial charge in [-0.25, -0.2) is 0 Å². The van der Waals surface area contributed by atoms with Gasteiger partial charge in [0.1, 0.15) is 6.10 Å². The SMILES string of the molecule is CN(CCC(=O)O)CC(=O)OC1CCC(C(C)(C)C)CC1. The lowest BCUT2D eigenvalue weighted by atomic mass is 9.72. The number of carboxylic acids is 1. The van der Waals surface area contributed by atoms with E-state index < -0.39 is 5.97 Å². The van der Waals surface area contributed by atoms with E-state index in [-0.39, 0.29) is 25.0 Å². The molecule has 0 atom stereocenters. The van der Waals surface area contributed by atoms with E-state index in [9.17, 15) is 9.59 Å². The number of likely N-dealkylation sites (N-methyl/N-ethyl adjacent to an activating group) is 1. The van der Waals surface area contributed by atoms with Crippen LogP contribution in [0, 0.1) is 11.3 Å². The standard InChI is InChI=1S/C16H29NO4/c1-16(2,3)12-5-7-13(8-6-12)21-15(20)11-17(4)10-9-14(18)19/h12-13H,5-11H2,1-4H3,(H,18,19). The number of carbonyl (C=O) groups excluding carboxylic acids is 1. The quantitative estimate of drug-likeness (QED) is 0.763. The van der Waals surface area contributed by atoms with Crippen molar-refractivity contribution in [3.63, 3.8) is 0 Å². The number of carbonyl (C=O) groups is 2. The molecular formula is C16H29NO4. The molecule has 0 unspecified atom stereocenters. The predicted molar refractivity (Wildman–Crippen MR) is 81.0 cm³/mol. The lowest BCUT2D eigenvalue weighted by molar-refractivity contribution is -0.152. The molecule has 1 aliphatic carbocycles. The Hall–Kier alpha value is -1.10. The van der Waals surface area contributed by atoms with E-state index >= 15 is 0 Å². The average molecular weight is 299 g/mol. The predicted octanol–water partition coefficient (Wildman–Crippen LogP) is 2.54. The molecule has 0 aromatic rings. The Morgan fingerprint density at radius 2 is 1.76 bits per heavy atom. The average Bonchev–Trinajstić information content (AvgIpc) is 2.35. The third-order valence-electron chi connectivity index (χ3n) is 4.30. The molecule has 0 aromatic carbocycles. The smallest absolute Gasteiger partial charge is 0.320 e. The van der Waals surface area contributed by atoms with Gasteiger partial charge in [0.05, 0.1) is 13.0 Å². The van der Waals surface area contributed by atoms with Crippen molar-refractivity contribution in [1.82, 2.24) is 4.90 Å². The molecule has 0 heterocycles. The van der Waals surface area contributed by atoms with E-state index in [1.54, 1.807) is 11.9 Å². The molecule has 1 fully saturated rings. The molecule has 0 radical (unpaired) electrons. The second-order valence-corrected chi connectivity index (χ2v) is 7.21. The van der Waals surface area contributed by atoms with Crippen molar-refractivity contribution in [2.24, 2.45) is 11.3 Å². The van der Waals surface area contributed by atoms with Gasteiger partial charge in [-0.2, -0.15) is 0 Å². The van der Waals surface area contributed by atoms with E-state index in [4.69, 9.17) is 9.84 Å². The second kappa shape index (κ2) is 7.78. The van der Waals surface area contributed by atoms with Crippen LogP contribution in [0.15, 0.2) is 0 Å². The highest BCUT2D eigenvalue weighted by Gasteiger charge is 2.31. The van der Waals surface area contributed by atoms with Crippen LogP contribution < -0.4 is 0 Å². The van der Waals surface area contributed by atoms with Crippen LogP contribution in [-0.2, 0) is 14.3 Å². The van der Waals surface area contributed by atoms with Crippen LogP contribution in [0.25, 0.3) is 0 Å². The van der Waals surface area contributed by atoms with Crippen LogP contribution in [0.5, 0.6) is 0 Å². The Kier molecular flexibility index (Phi) is 6.65. The fraction of sp³-hybridized carbons (Fsp3) is 0.875. The monoisotopic (exact) mass is 299 g/mol. The van der Waals surface area contributed by atoms with E-state index in [2.05, 4.69) is 20.8 Å². The zero-order chi connectivity index (χ0) is 16.0. The molecule has 5 nitrogen and oxygen atoms in total. The normalized spacial score (nSPS) is 23.1. The number of carboxylic acid groups (broad SMARTS) is 1. The lowest BCUT2D eigenvalue weighted by Crippen LogP contribution is -2.34. The van der Waals surface area contributed by atoms with Crippen molar-refractivity contribution in [1.29, 1.82) is 0 Å². The van der Waals surface area contributed by atoms with Gasteiger partial charge in [-0.05, 0) is 44.1 Å². The summed E-state index contributed by atoms with van der Waals surface area (Å²) in [6.07, 6.45) is 4.16. The Morgan fingerprint density at radius 1 is 1.19 bits per heavy atom. The maximum atomic E-state index is 11.8. The van der Waals surface area contributed by atoms with Gasteiger partial charge in [-0.1, -0.05) is 20.8 Å². The Morgan fingerprint density at radius 3 is 2.24 bits per heavy atom. The number of rotatable bonds is 6. The first-order valence-electron chi connectivity index (χ1n) is 7.78. The molecule has 0 aromatic heterocycles. The topological polar surface area (TPSA) is 66.8 Å². The van der Waals surface area contributed by atoms with Crippen LogP contribution in [0.3, 0.4) is 0 Å². The van der Waals surface area contributed by atoms with Crippen LogP contribution in [0.4, 0.5) is 0 Å². The number of esters is 1. The molecule has 122 valence electrons. The van der Waals surface area contributed by atoms with E-state index in [1.807, 2.05) is 0 Å². The first-order chi connectivity index (χ1) is 9.68. The zero-order valence-corrected chi connectivity index (χ0v) is 13.7. The number of hydrogen-bond donors (Lipinski definition) is 1. The summed E-state index contributed by atoms with van der Waals surface area (Å²) in [6.45, 7) is 7.32. The molecule has 1 saturated carbocycles. The van der Waals surface area contributed by atoms with Crippen molar-refractivity contribution in [2.45, 2.75) is 59.0 Å². The summed E-state index contributed by atoms with van der Waals surface area (Å²) in [5.41, 5.74) is 0.325. The van der Waals surface area contributed by atoms with Gasteiger partial charge in [-0.15, -0.1) is 0 Å². The Balaban J connectivity index is 2.26. The minimum Gasteiger partial charge on any atom is -0.481 e. The van der Waals surface area contributed by atoms with Gasteiger partial charge in [0.2, 0.25) is 0 Å². The molecular weight excluding hydrogens is 270 g/mol. The third-order valence-corrected chi connectivity index (χ3v) is 4.30. The van der Waals surface area contributed by atoms with Gasteiger partial charge in [0.25, 0.3) is 0 Å². The van der Waals surface area contributed by atoms with Gasteiger partial charge < -0.3 is 9.84 Å². The molecule has 1 rings (SSSR count). The van der Waals surface area contributed by atoms with Crippen molar-refractivity contribution in [3.05, 3.63) is 0 Å². The number of ether oxygens (including phenoxy) is 1. The Bertz CT molecular complexity index is 354. The van der Waals surface area contributed by atoms with Gasteiger partial charge in [-0.3, -0.25) is 14.5 Å². The fourth-order valence-electron chi connectivity index (χ4n) is 2.86. The van der Waals surface area contributed by atoms with Crippen molar-refractivity contribution in [3.8, 4) is 0 Å². The molecule has 0 aliphatic heterocycles. The van der Waals surface area contributed by atoms with Crippen LogP contribution >= 0.6 is 0 Å². The largest absolute Gasteiger partial charge is 0.481 e. The summed E-state index contributed by atoms with van der Waals surface area (Å²) in [4.78, 5) is 24.0. The highest BCUT2D eigenvalue weighted by Crippen LogP contribution is 2.38. The van der Waals surface area contributed by atoms with Crippen LogP contribution in [0.1, 0.15) is 52.9 Å². The van der Waals surface area contributed by atoms with E-state index in [1.165, 1.54) is 0 Å². The maximum absolute atomic E-state index is 11.8. The summed E-state index contributed by atoms with van der Waals surface area (Å²) in [5, 5.41) is 8.61. The summed E-state index contributed by atoms with van der Waals surface area (Å²) in [5.74, 6) is -0.400. The highest BCUT2D eigenvalue weighted by atomic mass is 16.5. The zero-order valence-electron chi connectivity index (χ0n) is 13.7. The molecule has 5 heteroatoms. The number of nitrogens with zero attached hydrogens (tertiary/aromatic N) is 1. The van der Waals surface area contributed by atoms with Gasteiger partial charge in [0, 0.05) is 6.54 Å². The molecule has 0 saturated heterocycles. The van der Waals surface area contributed by atoms with E-state index in [0.29, 0.717) is 17.9 Å². The molecule has 21 heavy (non-hydrogen) atoms. The lowest BCUT2D eigenvalue weighted by Gasteiger charge is -2.36.